The Morgan fingerprint density at radius 2 is 2.00 bits per heavy atom. The third kappa shape index (κ3) is 4.22. The van der Waals surface area contributed by atoms with E-state index in [4.69, 9.17) is 4.74 Å². The van der Waals surface area contributed by atoms with Crippen molar-refractivity contribution in [2.24, 2.45) is 0 Å². The minimum Gasteiger partial charge on any atom is -0.494 e. The first kappa shape index (κ1) is 14.4. The zero-order valence-electron chi connectivity index (χ0n) is 12.4. The predicted octanol–water partition coefficient (Wildman–Crippen LogP) is 2.45. The first-order valence-corrected chi connectivity index (χ1v) is 7.19. The van der Waals surface area contributed by atoms with Crippen LogP contribution >= 0.6 is 0 Å². The molecule has 1 atom stereocenters. The molecule has 106 valence electrons. The van der Waals surface area contributed by atoms with E-state index in [1.165, 1.54) is 18.4 Å². The fourth-order valence-corrected chi connectivity index (χ4v) is 2.90. The van der Waals surface area contributed by atoms with Gasteiger partial charge in [-0.1, -0.05) is 17.7 Å². The second-order valence-electron chi connectivity index (χ2n) is 5.96. The fraction of sp³-hybridized carbons (Fsp3) is 0.625. The van der Waals surface area contributed by atoms with Gasteiger partial charge in [0, 0.05) is 18.5 Å². The van der Waals surface area contributed by atoms with Gasteiger partial charge >= 0.3 is 0 Å². The molecule has 1 aliphatic heterocycles. The van der Waals surface area contributed by atoms with E-state index in [1.807, 2.05) is 0 Å². The molecule has 1 aromatic rings. The summed E-state index contributed by atoms with van der Waals surface area (Å²) in [6, 6.07) is 8.30. The lowest BCUT2D eigenvalue weighted by molar-refractivity contribution is 0.198. The van der Waals surface area contributed by atoms with E-state index < -0.39 is 0 Å². The number of hydrogen-bond acceptors (Lipinski definition) is 3. The quantitative estimate of drug-likeness (QED) is 0.852. The molecule has 1 unspecified atom stereocenters. The van der Waals surface area contributed by atoms with Gasteiger partial charge in [-0.2, -0.15) is 0 Å². The lowest BCUT2D eigenvalue weighted by Gasteiger charge is -2.32. The first-order valence-electron chi connectivity index (χ1n) is 7.19. The fourth-order valence-electron chi connectivity index (χ4n) is 2.90. The van der Waals surface area contributed by atoms with Gasteiger partial charge < -0.3 is 15.0 Å². The third-order valence-corrected chi connectivity index (χ3v) is 3.82. The number of aryl methyl sites for hydroxylation is 1. The zero-order chi connectivity index (χ0) is 13.7. The Balaban J connectivity index is 1.84. The molecule has 1 N–H and O–H groups in total. The maximum atomic E-state index is 5.87. The van der Waals surface area contributed by atoms with Crippen molar-refractivity contribution in [3.05, 3.63) is 29.8 Å². The molecule has 0 bridgehead atoms. The number of nitrogens with zero attached hydrogens (tertiary/aromatic N) is 1. The third-order valence-electron chi connectivity index (χ3n) is 3.82. The molecule has 0 saturated carbocycles. The number of hydrogen-bond donors (Lipinski definition) is 1. The Labute approximate surface area is 116 Å². The van der Waals surface area contributed by atoms with E-state index in [0.29, 0.717) is 0 Å². The molecule has 1 aliphatic rings. The molecule has 1 fully saturated rings. The van der Waals surface area contributed by atoms with E-state index in [9.17, 15) is 0 Å². The molecule has 1 aromatic carbocycles. The van der Waals surface area contributed by atoms with Crippen LogP contribution in [0.5, 0.6) is 5.75 Å². The lowest BCUT2D eigenvalue weighted by Crippen LogP contribution is -2.49. The number of ether oxygens (including phenoxy) is 1. The molecule has 1 saturated heterocycles. The van der Waals surface area contributed by atoms with Crippen molar-refractivity contribution >= 4 is 0 Å². The van der Waals surface area contributed by atoms with Crippen molar-refractivity contribution in [3.63, 3.8) is 0 Å². The van der Waals surface area contributed by atoms with Gasteiger partial charge in [-0.05, 0) is 52.5 Å². The van der Waals surface area contributed by atoms with Crippen LogP contribution in [0.4, 0.5) is 0 Å². The maximum Gasteiger partial charge on any atom is 0.119 e. The average Bonchev–Trinajstić information content (AvgIpc) is 2.79. The largest absolute Gasteiger partial charge is 0.494 e. The van der Waals surface area contributed by atoms with E-state index in [2.05, 4.69) is 55.5 Å². The van der Waals surface area contributed by atoms with E-state index in [0.717, 1.165) is 31.9 Å². The molecule has 0 amide bonds. The summed E-state index contributed by atoms with van der Waals surface area (Å²) in [6.45, 7) is 5.10. The van der Waals surface area contributed by atoms with Crippen LogP contribution in [-0.2, 0) is 0 Å². The van der Waals surface area contributed by atoms with Gasteiger partial charge in [-0.15, -0.1) is 0 Å². The van der Waals surface area contributed by atoms with Gasteiger partial charge in [-0.3, -0.25) is 0 Å². The Morgan fingerprint density at radius 1 is 1.26 bits per heavy atom. The summed E-state index contributed by atoms with van der Waals surface area (Å²) in [5.41, 5.74) is 1.52. The average molecular weight is 262 g/mol. The molecular formula is C16H26N2O. The van der Waals surface area contributed by atoms with Gasteiger partial charge in [0.2, 0.25) is 0 Å². The summed E-state index contributed by atoms with van der Waals surface area (Å²) in [5, 5.41) is 3.68. The molecule has 3 heteroatoms. The van der Waals surface area contributed by atoms with E-state index in [-0.39, 0.29) is 5.54 Å². The van der Waals surface area contributed by atoms with E-state index >= 15 is 0 Å². The monoisotopic (exact) mass is 262 g/mol. The Hall–Kier alpha value is -1.06. The molecule has 0 radical (unpaired) electrons. The molecule has 0 spiro atoms. The molecule has 2 rings (SSSR count). The SMILES string of the molecule is Cc1ccc(OCCC2(CN(C)C)CCCN2)cc1. The van der Waals surface area contributed by atoms with Crippen LogP contribution in [0.25, 0.3) is 0 Å². The van der Waals surface area contributed by atoms with Crippen LogP contribution in [0, 0.1) is 6.92 Å². The number of benzene rings is 1. The second-order valence-corrected chi connectivity index (χ2v) is 5.96. The van der Waals surface area contributed by atoms with Crippen LogP contribution in [0.3, 0.4) is 0 Å². The molecule has 0 aliphatic carbocycles. The first-order chi connectivity index (χ1) is 9.10. The molecule has 19 heavy (non-hydrogen) atoms. The lowest BCUT2D eigenvalue weighted by atomic mass is 9.93. The molecule has 1 heterocycles. The Kier molecular flexibility index (Phi) is 4.83. The van der Waals surface area contributed by atoms with Gasteiger partial charge in [0.05, 0.1) is 6.61 Å². The highest BCUT2D eigenvalue weighted by molar-refractivity contribution is 5.26. The Bertz CT molecular complexity index is 380. The number of likely N-dealkylation sites (N-methyl/N-ethyl adjacent to an activating group) is 1. The van der Waals surface area contributed by atoms with Crippen LogP contribution in [0.2, 0.25) is 0 Å². The summed E-state index contributed by atoms with van der Waals surface area (Å²) in [7, 11) is 4.28. The second kappa shape index (κ2) is 6.40. The van der Waals surface area contributed by atoms with Gasteiger partial charge in [0.1, 0.15) is 5.75 Å². The molecule has 0 aromatic heterocycles. The van der Waals surface area contributed by atoms with Crippen molar-refractivity contribution in [2.45, 2.75) is 31.7 Å². The van der Waals surface area contributed by atoms with E-state index in [1.54, 1.807) is 0 Å². The minimum absolute atomic E-state index is 0.244. The van der Waals surface area contributed by atoms with Crippen molar-refractivity contribution in [3.8, 4) is 5.75 Å². The highest BCUT2D eigenvalue weighted by atomic mass is 16.5. The van der Waals surface area contributed by atoms with Crippen molar-refractivity contribution in [1.82, 2.24) is 10.2 Å². The molecular weight excluding hydrogens is 236 g/mol. The van der Waals surface area contributed by atoms with Crippen molar-refractivity contribution in [1.29, 1.82) is 0 Å². The van der Waals surface area contributed by atoms with Gasteiger partial charge in [-0.25, -0.2) is 0 Å². The maximum absolute atomic E-state index is 5.87. The topological polar surface area (TPSA) is 24.5 Å². The van der Waals surface area contributed by atoms with Gasteiger partial charge in [0.15, 0.2) is 0 Å². The Morgan fingerprint density at radius 3 is 2.58 bits per heavy atom. The van der Waals surface area contributed by atoms with Crippen molar-refractivity contribution in [2.75, 3.05) is 33.8 Å². The van der Waals surface area contributed by atoms with Crippen LogP contribution in [-0.4, -0.2) is 44.2 Å². The van der Waals surface area contributed by atoms with Crippen LogP contribution in [0.1, 0.15) is 24.8 Å². The predicted molar refractivity (Wildman–Crippen MR) is 79.8 cm³/mol. The summed E-state index contributed by atoms with van der Waals surface area (Å²) in [6.07, 6.45) is 3.60. The smallest absolute Gasteiger partial charge is 0.119 e. The van der Waals surface area contributed by atoms with Gasteiger partial charge in [0.25, 0.3) is 0 Å². The van der Waals surface area contributed by atoms with Crippen LogP contribution in [0.15, 0.2) is 24.3 Å². The number of nitrogens with one attached hydrogen (secondary N) is 1. The van der Waals surface area contributed by atoms with Crippen LogP contribution < -0.4 is 10.1 Å². The summed E-state index contributed by atoms with van der Waals surface area (Å²) >= 11 is 0. The minimum atomic E-state index is 0.244. The standard InChI is InChI=1S/C16H26N2O/c1-14-5-7-15(8-6-14)19-12-10-16(13-18(2)3)9-4-11-17-16/h5-8,17H,4,9-13H2,1-3H3. The number of rotatable bonds is 6. The highest BCUT2D eigenvalue weighted by Gasteiger charge is 2.33. The summed E-state index contributed by atoms with van der Waals surface area (Å²) < 4.78 is 5.87. The normalized spacial score (nSPS) is 22.9. The zero-order valence-corrected chi connectivity index (χ0v) is 12.4. The summed E-state index contributed by atoms with van der Waals surface area (Å²) in [5.74, 6) is 0.976. The van der Waals surface area contributed by atoms with Crippen molar-refractivity contribution < 1.29 is 4.74 Å². The summed E-state index contributed by atoms with van der Waals surface area (Å²) in [4.78, 5) is 2.27. The molecule has 3 nitrogen and oxygen atoms in total. The highest BCUT2D eigenvalue weighted by Crippen LogP contribution is 2.24.